The van der Waals surface area contributed by atoms with Crippen LogP contribution < -0.4 is 5.32 Å². The van der Waals surface area contributed by atoms with Gasteiger partial charge in [-0.2, -0.15) is 0 Å². The van der Waals surface area contributed by atoms with Gasteiger partial charge in [0.25, 0.3) is 0 Å². The summed E-state index contributed by atoms with van der Waals surface area (Å²) in [5.74, 6) is 1.14. The molecular weight excluding hydrogens is 210 g/mol. The number of carbonyl (C=O) groups excluding carboxylic acids is 1. The summed E-state index contributed by atoms with van der Waals surface area (Å²) < 4.78 is 0. The number of hydrogen-bond acceptors (Lipinski definition) is 1. The molecule has 2 atom stereocenters. The van der Waals surface area contributed by atoms with Gasteiger partial charge >= 0.3 is 0 Å². The zero-order valence-electron chi connectivity index (χ0n) is 12.8. The normalized spacial score (nSPS) is 30.0. The molecule has 1 aliphatic rings. The molecule has 1 N–H and O–H groups in total. The standard InChI is InChI=1S/C15H29NO/c1-13(2,3)10-9-16-12(17)15(7,8)11(10)14(4,5)6/h10-11H,9H2,1-8H3,(H,16,17). The third kappa shape index (κ3) is 2.66. The maximum atomic E-state index is 12.1. The summed E-state index contributed by atoms with van der Waals surface area (Å²) in [6.07, 6.45) is 0. The van der Waals surface area contributed by atoms with E-state index in [4.69, 9.17) is 0 Å². The van der Waals surface area contributed by atoms with Gasteiger partial charge in [0.05, 0.1) is 0 Å². The third-order valence-corrected chi connectivity index (χ3v) is 4.29. The van der Waals surface area contributed by atoms with Gasteiger partial charge in [-0.05, 0) is 22.7 Å². The molecular formula is C15H29NO. The van der Waals surface area contributed by atoms with Crippen molar-refractivity contribution in [3.05, 3.63) is 0 Å². The van der Waals surface area contributed by atoms with Crippen molar-refractivity contribution < 1.29 is 4.79 Å². The first-order valence-electron chi connectivity index (χ1n) is 6.67. The Balaban J connectivity index is 3.21. The molecule has 1 saturated heterocycles. The summed E-state index contributed by atoms with van der Waals surface area (Å²) in [5.41, 5.74) is 0.0938. The molecule has 2 heteroatoms. The second-order valence-corrected chi connectivity index (χ2v) is 8.25. The van der Waals surface area contributed by atoms with Gasteiger partial charge < -0.3 is 5.32 Å². The lowest BCUT2D eigenvalue weighted by molar-refractivity contribution is -0.146. The summed E-state index contributed by atoms with van der Waals surface area (Å²) in [7, 11) is 0. The molecule has 1 heterocycles. The lowest BCUT2D eigenvalue weighted by Gasteiger charge is -2.53. The number of piperidine rings is 1. The van der Waals surface area contributed by atoms with Gasteiger partial charge in [-0.1, -0.05) is 55.4 Å². The van der Waals surface area contributed by atoms with E-state index in [1.54, 1.807) is 0 Å². The van der Waals surface area contributed by atoms with Gasteiger partial charge in [0, 0.05) is 12.0 Å². The van der Waals surface area contributed by atoms with Crippen LogP contribution in [0.15, 0.2) is 0 Å². The molecule has 100 valence electrons. The molecule has 0 spiro atoms. The molecule has 2 nitrogen and oxygen atoms in total. The minimum absolute atomic E-state index is 0.152. The van der Waals surface area contributed by atoms with Crippen molar-refractivity contribution in [1.29, 1.82) is 0 Å². The first kappa shape index (κ1) is 14.5. The molecule has 1 rings (SSSR count). The van der Waals surface area contributed by atoms with Gasteiger partial charge in [0.2, 0.25) is 5.91 Å². The summed E-state index contributed by atoms with van der Waals surface area (Å²) in [4.78, 5) is 12.1. The van der Waals surface area contributed by atoms with Gasteiger partial charge in [-0.3, -0.25) is 4.79 Å². The number of nitrogens with one attached hydrogen (secondary N) is 1. The fraction of sp³-hybridized carbons (Fsp3) is 0.933. The van der Waals surface area contributed by atoms with E-state index >= 15 is 0 Å². The van der Waals surface area contributed by atoms with Crippen LogP contribution in [0.25, 0.3) is 0 Å². The van der Waals surface area contributed by atoms with Crippen LogP contribution >= 0.6 is 0 Å². The van der Waals surface area contributed by atoms with Crippen molar-refractivity contribution in [2.45, 2.75) is 55.4 Å². The first-order chi connectivity index (χ1) is 7.38. The highest BCUT2D eigenvalue weighted by molar-refractivity contribution is 5.83. The summed E-state index contributed by atoms with van der Waals surface area (Å²) in [6.45, 7) is 18.6. The molecule has 0 aliphatic carbocycles. The maximum Gasteiger partial charge on any atom is 0.225 e. The minimum Gasteiger partial charge on any atom is -0.355 e. The Hall–Kier alpha value is -0.530. The highest BCUT2D eigenvalue weighted by atomic mass is 16.2. The Kier molecular flexibility index (Phi) is 3.42. The third-order valence-electron chi connectivity index (χ3n) is 4.29. The van der Waals surface area contributed by atoms with E-state index in [0.29, 0.717) is 11.8 Å². The van der Waals surface area contributed by atoms with Crippen molar-refractivity contribution in [3.8, 4) is 0 Å². The van der Waals surface area contributed by atoms with Crippen LogP contribution in [0.5, 0.6) is 0 Å². The van der Waals surface area contributed by atoms with Crippen LogP contribution in [0.4, 0.5) is 0 Å². The largest absolute Gasteiger partial charge is 0.355 e. The Labute approximate surface area is 107 Å². The van der Waals surface area contributed by atoms with Crippen LogP contribution in [-0.2, 0) is 4.79 Å². The predicted octanol–water partition coefficient (Wildman–Crippen LogP) is 3.47. The number of hydrogen-bond donors (Lipinski definition) is 1. The molecule has 0 radical (unpaired) electrons. The summed E-state index contributed by atoms with van der Waals surface area (Å²) in [5, 5.41) is 3.09. The highest BCUT2D eigenvalue weighted by Gasteiger charge is 2.52. The molecule has 1 amide bonds. The lowest BCUT2D eigenvalue weighted by atomic mass is 9.53. The molecule has 17 heavy (non-hydrogen) atoms. The molecule has 0 bridgehead atoms. The Bertz CT molecular complexity index is 304. The Morgan fingerprint density at radius 2 is 1.53 bits per heavy atom. The molecule has 0 saturated carbocycles. The van der Waals surface area contributed by atoms with Gasteiger partial charge in [0.1, 0.15) is 0 Å². The first-order valence-corrected chi connectivity index (χ1v) is 6.67. The molecule has 1 fully saturated rings. The van der Waals surface area contributed by atoms with Crippen LogP contribution in [0.3, 0.4) is 0 Å². The summed E-state index contributed by atoms with van der Waals surface area (Å²) >= 11 is 0. The fourth-order valence-electron chi connectivity index (χ4n) is 3.68. The quantitative estimate of drug-likeness (QED) is 0.689. The summed E-state index contributed by atoms with van der Waals surface area (Å²) in [6, 6.07) is 0. The smallest absolute Gasteiger partial charge is 0.225 e. The molecule has 0 aromatic rings. The molecule has 2 unspecified atom stereocenters. The number of carbonyl (C=O) groups is 1. The van der Waals surface area contributed by atoms with E-state index in [-0.39, 0.29) is 22.2 Å². The van der Waals surface area contributed by atoms with E-state index in [2.05, 4.69) is 60.7 Å². The highest BCUT2D eigenvalue weighted by Crippen LogP contribution is 2.51. The van der Waals surface area contributed by atoms with Crippen molar-refractivity contribution >= 4 is 5.91 Å². The zero-order chi connectivity index (χ0) is 13.6. The van der Waals surface area contributed by atoms with E-state index in [9.17, 15) is 4.79 Å². The zero-order valence-corrected chi connectivity index (χ0v) is 12.8. The minimum atomic E-state index is -0.283. The second kappa shape index (κ2) is 4.00. The average Bonchev–Trinajstić information content (AvgIpc) is 2.04. The van der Waals surface area contributed by atoms with Crippen molar-refractivity contribution in [2.24, 2.45) is 28.1 Å². The van der Waals surface area contributed by atoms with Gasteiger partial charge in [-0.25, -0.2) is 0 Å². The lowest BCUT2D eigenvalue weighted by Crippen LogP contribution is -2.59. The average molecular weight is 239 g/mol. The van der Waals surface area contributed by atoms with Gasteiger partial charge in [0.15, 0.2) is 0 Å². The fourth-order valence-corrected chi connectivity index (χ4v) is 3.68. The van der Waals surface area contributed by atoms with Crippen molar-refractivity contribution in [1.82, 2.24) is 5.32 Å². The van der Waals surface area contributed by atoms with E-state index in [0.717, 1.165) is 6.54 Å². The van der Waals surface area contributed by atoms with E-state index < -0.39 is 0 Å². The van der Waals surface area contributed by atoms with Crippen molar-refractivity contribution in [2.75, 3.05) is 6.54 Å². The SMILES string of the molecule is CC(C)(C)C1CNC(=O)C(C)(C)C1C(C)(C)C. The number of rotatable bonds is 0. The number of amides is 1. The Morgan fingerprint density at radius 1 is 1.06 bits per heavy atom. The molecule has 0 aromatic carbocycles. The van der Waals surface area contributed by atoms with Crippen molar-refractivity contribution in [3.63, 3.8) is 0 Å². The van der Waals surface area contributed by atoms with Crippen LogP contribution in [0, 0.1) is 28.1 Å². The molecule has 0 aromatic heterocycles. The molecule has 1 aliphatic heterocycles. The van der Waals surface area contributed by atoms with E-state index in [1.807, 2.05) is 0 Å². The topological polar surface area (TPSA) is 29.1 Å². The maximum absolute atomic E-state index is 12.1. The monoisotopic (exact) mass is 239 g/mol. The van der Waals surface area contributed by atoms with Crippen LogP contribution in [0.2, 0.25) is 0 Å². The van der Waals surface area contributed by atoms with E-state index in [1.165, 1.54) is 0 Å². The van der Waals surface area contributed by atoms with Gasteiger partial charge in [-0.15, -0.1) is 0 Å². The van der Waals surface area contributed by atoms with Crippen LogP contribution in [-0.4, -0.2) is 12.5 Å². The Morgan fingerprint density at radius 3 is 1.88 bits per heavy atom. The van der Waals surface area contributed by atoms with Crippen LogP contribution in [0.1, 0.15) is 55.4 Å². The predicted molar refractivity (Wildman–Crippen MR) is 72.7 cm³/mol. The second-order valence-electron chi connectivity index (χ2n) is 8.25.